The van der Waals surface area contributed by atoms with Crippen LogP contribution in [-0.2, 0) is 14.4 Å². The lowest BCUT2D eigenvalue weighted by Gasteiger charge is -2.26. The van der Waals surface area contributed by atoms with Gasteiger partial charge in [0.15, 0.2) is 6.61 Å². The first-order chi connectivity index (χ1) is 15.6. The largest absolute Gasteiger partial charge is 0.385 e. The molecule has 3 N–H and O–H groups in total. The van der Waals surface area contributed by atoms with Crippen LogP contribution in [0.15, 0.2) is 53.3 Å². The highest BCUT2D eigenvalue weighted by molar-refractivity contribution is 6.39. The highest BCUT2D eigenvalue weighted by Crippen LogP contribution is 2.39. The fourth-order valence-corrected chi connectivity index (χ4v) is 4.89. The second-order valence-electron chi connectivity index (χ2n) is 8.32. The summed E-state index contributed by atoms with van der Waals surface area (Å²) in [5.41, 5.74) is 3.59. The van der Waals surface area contributed by atoms with Gasteiger partial charge in [0.05, 0.1) is 11.3 Å². The van der Waals surface area contributed by atoms with E-state index in [1.807, 2.05) is 29.2 Å². The van der Waals surface area contributed by atoms with E-state index in [0.29, 0.717) is 35.2 Å². The Morgan fingerprint density at radius 2 is 2.00 bits per heavy atom. The molecule has 0 aliphatic carbocycles. The quantitative estimate of drug-likeness (QED) is 0.508. The molecule has 0 spiro atoms. The summed E-state index contributed by atoms with van der Waals surface area (Å²) in [4.78, 5) is 32.7. The Labute approximate surface area is 183 Å². The van der Waals surface area contributed by atoms with Crippen molar-refractivity contribution >= 4 is 34.5 Å². The summed E-state index contributed by atoms with van der Waals surface area (Å²) in [5, 5.41) is 13.6. The third kappa shape index (κ3) is 2.96. The molecule has 4 aliphatic heterocycles. The fraction of sp³-hybridized carbons (Fsp3) is 0.261. The highest BCUT2D eigenvalue weighted by Gasteiger charge is 2.40. The SMILES string of the molecule is O=C1Nc2ccc(F)cc2/C1=C1/Nc2ccccc2/C1=N\OCC(=O)N1C[C@H]2C[C@@H]1CN2. The maximum Gasteiger partial charge on any atom is 0.263 e. The van der Waals surface area contributed by atoms with E-state index < -0.39 is 5.82 Å². The smallest absolute Gasteiger partial charge is 0.263 e. The summed E-state index contributed by atoms with van der Waals surface area (Å²) in [5.74, 6) is -0.906. The zero-order valence-corrected chi connectivity index (χ0v) is 17.0. The Balaban J connectivity index is 1.33. The van der Waals surface area contributed by atoms with Crippen LogP contribution in [-0.4, -0.2) is 54.2 Å². The van der Waals surface area contributed by atoms with E-state index >= 15 is 0 Å². The molecule has 8 nitrogen and oxygen atoms in total. The lowest BCUT2D eigenvalue weighted by atomic mass is 10.0. The van der Waals surface area contributed by atoms with Gasteiger partial charge >= 0.3 is 0 Å². The Morgan fingerprint density at radius 1 is 1.16 bits per heavy atom. The molecule has 4 aliphatic rings. The number of halogens is 1. The Morgan fingerprint density at radius 3 is 2.81 bits per heavy atom. The lowest BCUT2D eigenvalue weighted by molar-refractivity contribution is -0.137. The van der Waals surface area contributed by atoms with E-state index in [1.54, 1.807) is 0 Å². The number of oxime groups is 1. The first kappa shape index (κ1) is 19.0. The van der Waals surface area contributed by atoms with Crippen LogP contribution in [0.1, 0.15) is 17.5 Å². The average molecular weight is 433 g/mol. The number of allylic oxidation sites excluding steroid dienone is 1. The number of likely N-dealkylation sites (tertiary alicyclic amines) is 1. The molecule has 0 aromatic heterocycles. The predicted molar refractivity (Wildman–Crippen MR) is 116 cm³/mol. The number of nitrogens with one attached hydrogen (secondary N) is 3. The van der Waals surface area contributed by atoms with Crippen LogP contribution >= 0.6 is 0 Å². The molecule has 4 heterocycles. The maximum absolute atomic E-state index is 13.9. The minimum Gasteiger partial charge on any atom is -0.385 e. The van der Waals surface area contributed by atoms with E-state index in [1.165, 1.54) is 18.2 Å². The van der Waals surface area contributed by atoms with Gasteiger partial charge in [0.25, 0.3) is 11.8 Å². The molecule has 162 valence electrons. The van der Waals surface area contributed by atoms with E-state index in [-0.39, 0.29) is 30.0 Å². The first-order valence-corrected chi connectivity index (χ1v) is 10.5. The van der Waals surface area contributed by atoms with Gasteiger partial charge in [-0.2, -0.15) is 0 Å². The van der Waals surface area contributed by atoms with E-state index in [0.717, 1.165) is 24.2 Å². The van der Waals surface area contributed by atoms with Crippen molar-refractivity contribution in [2.45, 2.75) is 18.5 Å². The topological polar surface area (TPSA) is 95.1 Å². The van der Waals surface area contributed by atoms with Crippen LogP contribution in [0.2, 0.25) is 0 Å². The van der Waals surface area contributed by atoms with Gasteiger partial charge < -0.3 is 25.7 Å². The molecule has 2 saturated heterocycles. The van der Waals surface area contributed by atoms with E-state index in [2.05, 4.69) is 21.1 Å². The van der Waals surface area contributed by atoms with Gasteiger partial charge in [-0.1, -0.05) is 23.4 Å². The number of nitrogens with zero attached hydrogens (tertiary/aromatic N) is 2. The van der Waals surface area contributed by atoms with Gasteiger partial charge in [-0.15, -0.1) is 0 Å². The number of carbonyl (C=O) groups is 2. The predicted octanol–water partition coefficient (Wildman–Crippen LogP) is 1.91. The second kappa shape index (κ2) is 7.16. The fourth-order valence-electron chi connectivity index (χ4n) is 4.89. The number of amides is 2. The molecule has 32 heavy (non-hydrogen) atoms. The van der Waals surface area contributed by atoms with Crippen molar-refractivity contribution in [3.63, 3.8) is 0 Å². The van der Waals surface area contributed by atoms with Gasteiger partial charge in [0.2, 0.25) is 0 Å². The zero-order chi connectivity index (χ0) is 21.8. The molecule has 2 fully saturated rings. The Bertz CT molecular complexity index is 1220. The van der Waals surface area contributed by atoms with Crippen LogP contribution in [0, 0.1) is 5.82 Å². The molecule has 2 aromatic carbocycles. The number of carbonyl (C=O) groups excluding carboxylic acids is 2. The molecule has 6 rings (SSSR count). The highest BCUT2D eigenvalue weighted by atomic mass is 19.1. The van der Waals surface area contributed by atoms with Crippen LogP contribution < -0.4 is 16.0 Å². The van der Waals surface area contributed by atoms with E-state index in [4.69, 9.17) is 4.84 Å². The van der Waals surface area contributed by atoms with E-state index in [9.17, 15) is 14.0 Å². The van der Waals surface area contributed by atoms with Crippen LogP contribution in [0.25, 0.3) is 5.57 Å². The standard InChI is InChI=1S/C23H20FN5O3/c24-12-5-6-18-16(7-12)20(23(31)27-18)22-21(15-3-1-2-4-17(15)26-22)28-32-11-19(30)29-10-13-8-14(29)9-25-13/h1-7,13-14,25-26H,8-11H2,(H,27,31)/b22-20-,28-21+/t13-,14-/m1/s1. The number of rotatable bonds is 3. The third-order valence-electron chi connectivity index (χ3n) is 6.38. The average Bonchev–Trinajstić information content (AvgIpc) is 3.55. The normalized spacial score (nSPS) is 26.2. The van der Waals surface area contributed by atoms with Crippen LogP contribution in [0.4, 0.5) is 15.8 Å². The van der Waals surface area contributed by atoms with Gasteiger partial charge in [0, 0.05) is 47.7 Å². The molecule has 0 unspecified atom stereocenters. The first-order valence-electron chi connectivity index (χ1n) is 10.5. The summed E-state index contributed by atoms with van der Waals surface area (Å²) in [7, 11) is 0. The van der Waals surface area contributed by atoms with Gasteiger partial charge in [-0.25, -0.2) is 4.39 Å². The van der Waals surface area contributed by atoms with Crippen molar-refractivity contribution in [3.8, 4) is 0 Å². The summed E-state index contributed by atoms with van der Waals surface area (Å²) in [6.45, 7) is 1.31. The molecule has 0 saturated carbocycles. The zero-order valence-electron chi connectivity index (χ0n) is 17.0. The molecule has 2 aromatic rings. The second-order valence-corrected chi connectivity index (χ2v) is 8.32. The van der Waals surface area contributed by atoms with Gasteiger partial charge in [-0.05, 0) is 30.7 Å². The summed E-state index contributed by atoms with van der Waals surface area (Å²) in [6, 6.07) is 12.1. The molecular weight excluding hydrogens is 413 g/mol. The number of hydrogen-bond donors (Lipinski definition) is 3. The van der Waals surface area contributed by atoms with Crippen molar-refractivity contribution in [1.82, 2.24) is 10.2 Å². The number of benzene rings is 2. The molecule has 2 amide bonds. The van der Waals surface area contributed by atoms with Crippen LogP contribution in [0.3, 0.4) is 0 Å². The molecule has 2 bridgehead atoms. The molecule has 9 heteroatoms. The number of anilines is 2. The summed E-state index contributed by atoms with van der Waals surface area (Å²) < 4.78 is 13.9. The van der Waals surface area contributed by atoms with Crippen molar-refractivity contribution in [1.29, 1.82) is 0 Å². The number of para-hydroxylation sites is 1. The summed E-state index contributed by atoms with van der Waals surface area (Å²) in [6.07, 6.45) is 0.971. The monoisotopic (exact) mass is 433 g/mol. The van der Waals surface area contributed by atoms with Crippen LogP contribution in [0.5, 0.6) is 0 Å². The summed E-state index contributed by atoms with van der Waals surface area (Å²) >= 11 is 0. The van der Waals surface area contributed by atoms with Gasteiger partial charge in [0.1, 0.15) is 11.5 Å². The lowest BCUT2D eigenvalue weighted by Crippen LogP contribution is -2.47. The molecule has 2 atom stereocenters. The number of hydrogen-bond acceptors (Lipinski definition) is 6. The van der Waals surface area contributed by atoms with Crippen molar-refractivity contribution < 1.29 is 18.8 Å². The Kier molecular flexibility index (Phi) is 4.25. The minimum atomic E-state index is -0.441. The number of piperazine rings is 1. The molecular formula is C23H20FN5O3. The Hall–Kier alpha value is -3.72. The van der Waals surface area contributed by atoms with Crippen molar-refractivity contribution in [2.75, 3.05) is 30.3 Å². The minimum absolute atomic E-state index is 0.108. The number of fused-ring (bicyclic) bond motifs is 4. The van der Waals surface area contributed by atoms with Crippen molar-refractivity contribution in [3.05, 3.63) is 65.1 Å². The van der Waals surface area contributed by atoms with Gasteiger partial charge in [-0.3, -0.25) is 9.59 Å². The molecule has 0 radical (unpaired) electrons. The van der Waals surface area contributed by atoms with Crippen molar-refractivity contribution in [2.24, 2.45) is 5.16 Å². The maximum atomic E-state index is 13.9. The third-order valence-corrected chi connectivity index (χ3v) is 6.38.